The Balaban J connectivity index is 2.93. The van der Waals surface area contributed by atoms with Gasteiger partial charge in [0.15, 0.2) is 0 Å². The standard InChI is InChI=1S/C9H14N2O2/c1-3-13-9-5-7(11-10)4-8(6-9)12-2/h4-6,11H,3,10H2,1-2H3. The summed E-state index contributed by atoms with van der Waals surface area (Å²) in [5.74, 6) is 6.74. The Morgan fingerprint density at radius 1 is 1.31 bits per heavy atom. The number of nitrogens with one attached hydrogen (secondary N) is 1. The minimum atomic E-state index is 0.622. The molecule has 0 amide bonds. The van der Waals surface area contributed by atoms with E-state index in [0.29, 0.717) is 6.61 Å². The zero-order chi connectivity index (χ0) is 9.68. The number of rotatable bonds is 4. The summed E-state index contributed by atoms with van der Waals surface area (Å²) in [6.45, 7) is 2.55. The Morgan fingerprint density at radius 3 is 2.54 bits per heavy atom. The number of nitrogens with two attached hydrogens (primary N) is 1. The molecule has 1 rings (SSSR count). The van der Waals surface area contributed by atoms with Crippen LogP contribution in [0.15, 0.2) is 18.2 Å². The molecule has 0 heterocycles. The fourth-order valence-electron chi connectivity index (χ4n) is 1.02. The predicted octanol–water partition coefficient (Wildman–Crippen LogP) is 1.38. The molecule has 0 radical (unpaired) electrons. The fraction of sp³-hybridized carbons (Fsp3) is 0.333. The Bertz CT molecular complexity index is 254. The molecule has 0 fully saturated rings. The molecule has 72 valence electrons. The zero-order valence-corrected chi connectivity index (χ0v) is 7.83. The average molecular weight is 182 g/mol. The first-order valence-corrected chi connectivity index (χ1v) is 4.08. The van der Waals surface area contributed by atoms with Gasteiger partial charge in [-0.15, -0.1) is 0 Å². The van der Waals surface area contributed by atoms with E-state index in [-0.39, 0.29) is 0 Å². The van der Waals surface area contributed by atoms with Crippen LogP contribution >= 0.6 is 0 Å². The summed E-state index contributed by atoms with van der Waals surface area (Å²) in [6, 6.07) is 5.42. The molecular weight excluding hydrogens is 168 g/mol. The molecule has 0 bridgehead atoms. The SMILES string of the molecule is CCOc1cc(NN)cc(OC)c1. The molecule has 0 saturated carbocycles. The number of ether oxygens (including phenoxy) is 2. The molecule has 0 saturated heterocycles. The summed E-state index contributed by atoms with van der Waals surface area (Å²) in [5, 5.41) is 0. The van der Waals surface area contributed by atoms with Crippen LogP contribution < -0.4 is 20.7 Å². The largest absolute Gasteiger partial charge is 0.497 e. The summed E-state index contributed by atoms with van der Waals surface area (Å²) < 4.78 is 10.4. The van der Waals surface area contributed by atoms with E-state index in [1.807, 2.05) is 19.1 Å². The van der Waals surface area contributed by atoms with E-state index < -0.39 is 0 Å². The van der Waals surface area contributed by atoms with E-state index in [1.54, 1.807) is 13.2 Å². The smallest absolute Gasteiger partial charge is 0.125 e. The van der Waals surface area contributed by atoms with Crippen molar-refractivity contribution in [1.82, 2.24) is 0 Å². The highest BCUT2D eigenvalue weighted by molar-refractivity contribution is 5.52. The Hall–Kier alpha value is -1.42. The van der Waals surface area contributed by atoms with Gasteiger partial charge in [-0.1, -0.05) is 0 Å². The van der Waals surface area contributed by atoms with Gasteiger partial charge in [-0.05, 0) is 6.92 Å². The first-order valence-electron chi connectivity index (χ1n) is 4.08. The van der Waals surface area contributed by atoms with Gasteiger partial charge in [0.05, 0.1) is 19.4 Å². The van der Waals surface area contributed by atoms with Gasteiger partial charge >= 0.3 is 0 Å². The summed E-state index contributed by atoms with van der Waals surface area (Å²) in [6.07, 6.45) is 0. The van der Waals surface area contributed by atoms with Crippen LogP contribution in [0.5, 0.6) is 11.5 Å². The van der Waals surface area contributed by atoms with Crippen molar-refractivity contribution in [3.63, 3.8) is 0 Å². The van der Waals surface area contributed by atoms with E-state index in [1.165, 1.54) is 0 Å². The lowest BCUT2D eigenvalue weighted by Gasteiger charge is -2.08. The van der Waals surface area contributed by atoms with Gasteiger partial charge in [0, 0.05) is 18.2 Å². The number of hydrogen-bond acceptors (Lipinski definition) is 4. The van der Waals surface area contributed by atoms with E-state index in [4.69, 9.17) is 15.3 Å². The second kappa shape index (κ2) is 4.57. The maximum atomic E-state index is 5.32. The van der Waals surface area contributed by atoms with Crippen LogP contribution in [0.2, 0.25) is 0 Å². The topological polar surface area (TPSA) is 56.5 Å². The van der Waals surface area contributed by atoms with Gasteiger partial charge in [0.1, 0.15) is 11.5 Å². The maximum absolute atomic E-state index is 5.32. The minimum absolute atomic E-state index is 0.622. The number of benzene rings is 1. The van der Waals surface area contributed by atoms with Crippen molar-refractivity contribution in [2.24, 2.45) is 5.84 Å². The van der Waals surface area contributed by atoms with E-state index in [9.17, 15) is 0 Å². The maximum Gasteiger partial charge on any atom is 0.125 e. The predicted molar refractivity (Wildman–Crippen MR) is 52.0 cm³/mol. The van der Waals surface area contributed by atoms with Crippen molar-refractivity contribution in [1.29, 1.82) is 0 Å². The lowest BCUT2D eigenvalue weighted by atomic mass is 10.3. The highest BCUT2D eigenvalue weighted by Crippen LogP contribution is 2.25. The number of anilines is 1. The summed E-state index contributed by atoms with van der Waals surface area (Å²) >= 11 is 0. The molecule has 0 unspecified atom stereocenters. The third kappa shape index (κ3) is 2.52. The van der Waals surface area contributed by atoms with Crippen molar-refractivity contribution < 1.29 is 9.47 Å². The van der Waals surface area contributed by atoms with Gasteiger partial charge in [0.25, 0.3) is 0 Å². The molecule has 13 heavy (non-hydrogen) atoms. The molecule has 0 atom stereocenters. The molecule has 0 aromatic heterocycles. The van der Waals surface area contributed by atoms with Crippen molar-refractivity contribution in [3.05, 3.63) is 18.2 Å². The van der Waals surface area contributed by atoms with Crippen LogP contribution in [0.25, 0.3) is 0 Å². The van der Waals surface area contributed by atoms with Gasteiger partial charge in [-0.25, -0.2) is 0 Å². The van der Waals surface area contributed by atoms with Crippen LogP contribution in [0, 0.1) is 0 Å². The lowest BCUT2D eigenvalue weighted by Crippen LogP contribution is -2.07. The highest BCUT2D eigenvalue weighted by Gasteiger charge is 2.00. The van der Waals surface area contributed by atoms with Crippen LogP contribution in [0.4, 0.5) is 5.69 Å². The fourth-order valence-corrected chi connectivity index (χ4v) is 1.02. The number of methoxy groups -OCH3 is 1. The van der Waals surface area contributed by atoms with Gasteiger partial charge in [-0.3, -0.25) is 5.84 Å². The molecule has 0 spiro atoms. The first-order chi connectivity index (χ1) is 6.30. The summed E-state index contributed by atoms with van der Waals surface area (Å²) in [4.78, 5) is 0. The minimum Gasteiger partial charge on any atom is -0.497 e. The molecule has 3 N–H and O–H groups in total. The van der Waals surface area contributed by atoms with E-state index >= 15 is 0 Å². The van der Waals surface area contributed by atoms with Crippen LogP contribution in [-0.2, 0) is 0 Å². The lowest BCUT2D eigenvalue weighted by molar-refractivity contribution is 0.336. The van der Waals surface area contributed by atoms with Gasteiger partial charge < -0.3 is 14.9 Å². The normalized spacial score (nSPS) is 9.46. The van der Waals surface area contributed by atoms with Crippen molar-refractivity contribution >= 4 is 5.69 Å². The molecule has 0 aliphatic heterocycles. The molecular formula is C9H14N2O2. The Morgan fingerprint density at radius 2 is 2.00 bits per heavy atom. The number of nitrogen functional groups attached to an aromatic ring is 1. The third-order valence-electron chi connectivity index (χ3n) is 1.59. The van der Waals surface area contributed by atoms with E-state index in [2.05, 4.69) is 5.43 Å². The summed E-state index contributed by atoms with van der Waals surface area (Å²) in [7, 11) is 1.60. The molecule has 1 aromatic carbocycles. The average Bonchev–Trinajstić information content (AvgIpc) is 2.17. The number of hydrazine groups is 1. The van der Waals surface area contributed by atoms with Crippen LogP contribution in [0.1, 0.15) is 6.92 Å². The first kappa shape index (κ1) is 9.67. The zero-order valence-electron chi connectivity index (χ0n) is 7.83. The molecule has 0 aliphatic rings. The second-order valence-electron chi connectivity index (χ2n) is 2.47. The van der Waals surface area contributed by atoms with Crippen LogP contribution in [-0.4, -0.2) is 13.7 Å². The monoisotopic (exact) mass is 182 g/mol. The van der Waals surface area contributed by atoms with Gasteiger partial charge in [0.2, 0.25) is 0 Å². The number of hydrogen-bond donors (Lipinski definition) is 2. The van der Waals surface area contributed by atoms with Gasteiger partial charge in [-0.2, -0.15) is 0 Å². The quantitative estimate of drug-likeness (QED) is 0.545. The Labute approximate surface area is 77.6 Å². The van der Waals surface area contributed by atoms with Crippen LogP contribution in [0.3, 0.4) is 0 Å². The van der Waals surface area contributed by atoms with Crippen molar-refractivity contribution in [2.75, 3.05) is 19.1 Å². The van der Waals surface area contributed by atoms with Crippen molar-refractivity contribution in [2.45, 2.75) is 6.92 Å². The highest BCUT2D eigenvalue weighted by atomic mass is 16.5. The Kier molecular flexibility index (Phi) is 3.40. The summed E-state index contributed by atoms with van der Waals surface area (Å²) in [5.41, 5.74) is 3.31. The third-order valence-corrected chi connectivity index (χ3v) is 1.59. The second-order valence-corrected chi connectivity index (χ2v) is 2.47. The van der Waals surface area contributed by atoms with Crippen molar-refractivity contribution in [3.8, 4) is 11.5 Å². The van der Waals surface area contributed by atoms with E-state index in [0.717, 1.165) is 17.2 Å². The molecule has 4 nitrogen and oxygen atoms in total. The molecule has 0 aliphatic carbocycles. The molecule has 1 aromatic rings. The molecule has 4 heteroatoms.